The molecular weight excluding hydrogens is 832 g/mol. The van der Waals surface area contributed by atoms with Crippen LogP contribution in [0, 0.1) is 6.92 Å². The van der Waals surface area contributed by atoms with Crippen LogP contribution < -0.4 is 4.74 Å². The van der Waals surface area contributed by atoms with Gasteiger partial charge in [-0.3, -0.25) is 24.0 Å². The number of aromatic hydroxyl groups is 1. The van der Waals surface area contributed by atoms with Gasteiger partial charge in [0.15, 0.2) is 36.2 Å². The number of hydrogen-bond donors (Lipinski definition) is 1. The number of ether oxygens (including phenoxy) is 13. The van der Waals surface area contributed by atoms with Gasteiger partial charge in [0.2, 0.25) is 17.7 Å². The average molecular weight is 883 g/mol. The quantitative estimate of drug-likeness (QED) is 0.133. The minimum absolute atomic E-state index is 0.0273. The number of carbonyl (C=O) groups is 5. The zero-order chi connectivity index (χ0) is 45.3. The highest BCUT2D eigenvalue weighted by molar-refractivity contribution is 6.30. The van der Waals surface area contributed by atoms with E-state index in [-0.39, 0.29) is 53.2 Å². The number of phenols is 1. The van der Waals surface area contributed by atoms with E-state index in [1.54, 1.807) is 40.7 Å². The number of rotatable bonds is 10. The van der Waals surface area contributed by atoms with Crippen molar-refractivity contribution < 1.29 is 90.7 Å². The maximum atomic E-state index is 14.2. The summed E-state index contributed by atoms with van der Waals surface area (Å²) in [7, 11) is 2.78. The van der Waals surface area contributed by atoms with Crippen LogP contribution in [0.3, 0.4) is 0 Å². The third-order valence-corrected chi connectivity index (χ3v) is 13.2. The van der Waals surface area contributed by atoms with E-state index in [1.807, 2.05) is 0 Å². The second-order valence-electron chi connectivity index (χ2n) is 17.6. The Morgan fingerprint density at radius 1 is 0.841 bits per heavy atom. The van der Waals surface area contributed by atoms with Crippen molar-refractivity contribution >= 4 is 29.5 Å². The van der Waals surface area contributed by atoms with Crippen LogP contribution >= 0.6 is 0 Å². The van der Waals surface area contributed by atoms with Crippen LogP contribution in [0.2, 0.25) is 0 Å². The van der Waals surface area contributed by atoms with Crippen LogP contribution in [0.5, 0.6) is 11.5 Å². The van der Waals surface area contributed by atoms with Gasteiger partial charge < -0.3 is 66.7 Å². The molecule has 2 bridgehead atoms. The van der Waals surface area contributed by atoms with Gasteiger partial charge in [0.05, 0.1) is 29.9 Å². The summed E-state index contributed by atoms with van der Waals surface area (Å²) < 4.78 is 81.7. The molecule has 6 heterocycles. The third kappa shape index (κ3) is 6.22. The zero-order valence-corrected chi connectivity index (χ0v) is 36.4. The molecular formula is C44H50O19. The molecule has 0 radical (unpaired) electrons. The molecule has 63 heavy (non-hydrogen) atoms. The zero-order valence-electron chi connectivity index (χ0n) is 36.4. The van der Waals surface area contributed by atoms with Gasteiger partial charge in [-0.05, 0) is 52.3 Å². The van der Waals surface area contributed by atoms with Gasteiger partial charge in [-0.1, -0.05) is 12.1 Å². The number of benzene rings is 2. The number of fused-ring (bicyclic) bond motifs is 8. The first-order valence-corrected chi connectivity index (χ1v) is 20.7. The molecule has 6 aliphatic heterocycles. The Morgan fingerprint density at radius 2 is 1.48 bits per heavy atom. The van der Waals surface area contributed by atoms with Gasteiger partial charge >= 0.3 is 17.9 Å². The molecule has 340 valence electrons. The maximum Gasteiger partial charge on any atom is 0.303 e. The molecule has 14 atom stereocenters. The summed E-state index contributed by atoms with van der Waals surface area (Å²) in [5.74, 6) is -6.80. The largest absolute Gasteiger partial charge is 0.507 e. The van der Waals surface area contributed by atoms with Crippen LogP contribution in [0.4, 0.5) is 0 Å². The normalized spacial score (nSPS) is 39.7. The van der Waals surface area contributed by atoms with Gasteiger partial charge in [-0.25, -0.2) is 0 Å². The van der Waals surface area contributed by atoms with Crippen molar-refractivity contribution in [1.29, 1.82) is 0 Å². The Morgan fingerprint density at radius 3 is 2.10 bits per heavy atom. The average Bonchev–Trinajstić information content (AvgIpc) is 3.85. The lowest BCUT2D eigenvalue weighted by molar-refractivity contribution is -0.396. The van der Waals surface area contributed by atoms with Crippen LogP contribution in [0.1, 0.15) is 110 Å². The second kappa shape index (κ2) is 14.7. The SMILES string of the molecule is CO[C@H](OC1CC(C)(OC(C)=O)C(OC2CC(C)(OC(C)=O)C(OC(C)=O)C(C)O2)C(C)O1)C12OC3c4c(C)cc5c(c4O[C@](OC)(C3O1)[C@@]21CO1)C(=O)c1c(O)cccc1C5=O. The standard InChI is InChI=1S/C44H50O19/c1-18-14-25-31(33(50)30-24(32(25)49)12-11-13-26(30)48)34-29(18)35-38-43(52-10,61-34)42(17-53-42)44(62-35,63-38)39(51-9)58-28-16-41(8,60-23(6)47)37(20(3)55-28)57-27-15-40(7,59-22(5)46)36(19(2)54-27)56-21(4)45/h11-14,19-20,27-28,35-39,48H,15-17H2,1-10H3/t19?,20?,27?,28?,35?,36?,37?,38?,39-,40?,41?,42+,43-,44?/m1/s1. The molecule has 2 aromatic carbocycles. The molecule has 1 N–H and O–H groups in total. The summed E-state index contributed by atoms with van der Waals surface area (Å²) in [5, 5.41) is 10.7. The second-order valence-corrected chi connectivity index (χ2v) is 17.6. The van der Waals surface area contributed by atoms with Gasteiger partial charge in [0.25, 0.3) is 11.6 Å². The molecule has 2 aromatic rings. The first kappa shape index (κ1) is 43.7. The lowest BCUT2D eigenvalue weighted by atomic mass is 9.75. The van der Waals surface area contributed by atoms with Gasteiger partial charge in [0, 0.05) is 64.5 Å². The molecule has 0 saturated carbocycles. The molecule has 0 aromatic heterocycles. The fraction of sp³-hybridized carbons (Fsp3) is 0.614. The number of methoxy groups -OCH3 is 2. The summed E-state index contributed by atoms with van der Waals surface area (Å²) in [6.45, 7) is 12.1. The van der Waals surface area contributed by atoms with Crippen molar-refractivity contribution in [3.8, 4) is 11.5 Å². The van der Waals surface area contributed by atoms with E-state index < -0.39 is 113 Å². The summed E-state index contributed by atoms with van der Waals surface area (Å²) in [5.41, 5.74) is -3.34. The highest BCUT2D eigenvalue weighted by Gasteiger charge is 2.93. The number of esters is 3. The lowest BCUT2D eigenvalue weighted by Gasteiger charge is -2.51. The Balaban J connectivity index is 1.01. The topological polar surface area (TPSA) is 229 Å². The highest BCUT2D eigenvalue weighted by atomic mass is 16.9. The van der Waals surface area contributed by atoms with Crippen molar-refractivity contribution in [2.24, 2.45) is 0 Å². The molecule has 5 saturated heterocycles. The Labute approximate surface area is 361 Å². The summed E-state index contributed by atoms with van der Waals surface area (Å²) >= 11 is 0. The maximum absolute atomic E-state index is 14.2. The van der Waals surface area contributed by atoms with Gasteiger partial charge in [0.1, 0.15) is 29.3 Å². The van der Waals surface area contributed by atoms with Crippen molar-refractivity contribution in [3.63, 3.8) is 0 Å². The number of aryl methyl sites for hydroxylation is 1. The smallest absolute Gasteiger partial charge is 0.303 e. The molecule has 11 unspecified atom stereocenters. The van der Waals surface area contributed by atoms with Crippen LogP contribution in [-0.4, -0.2) is 133 Å². The van der Waals surface area contributed by atoms with Crippen LogP contribution in [0.25, 0.3) is 0 Å². The Bertz CT molecular complexity index is 2310. The van der Waals surface area contributed by atoms with E-state index in [0.29, 0.717) is 11.1 Å². The van der Waals surface area contributed by atoms with Crippen molar-refractivity contribution in [2.45, 2.75) is 152 Å². The van der Waals surface area contributed by atoms with E-state index in [9.17, 15) is 29.1 Å². The number of epoxide rings is 1. The van der Waals surface area contributed by atoms with E-state index in [0.717, 1.165) is 0 Å². The van der Waals surface area contributed by atoms with E-state index >= 15 is 0 Å². The summed E-state index contributed by atoms with van der Waals surface area (Å²) in [4.78, 5) is 65.0. The number of phenolic OH excluding ortho intramolecular Hbond substituents is 1. The van der Waals surface area contributed by atoms with Crippen molar-refractivity contribution in [1.82, 2.24) is 0 Å². The first-order valence-electron chi connectivity index (χ1n) is 20.7. The first-order chi connectivity index (χ1) is 29.7. The molecule has 0 amide bonds. The molecule has 7 aliphatic rings. The fourth-order valence-electron chi connectivity index (χ4n) is 10.9. The predicted molar refractivity (Wildman–Crippen MR) is 207 cm³/mol. The Kier molecular flexibility index (Phi) is 10.2. The van der Waals surface area contributed by atoms with Crippen LogP contribution in [0.15, 0.2) is 24.3 Å². The van der Waals surface area contributed by atoms with E-state index in [2.05, 4.69) is 0 Å². The van der Waals surface area contributed by atoms with Gasteiger partial charge in [-0.2, -0.15) is 0 Å². The van der Waals surface area contributed by atoms with Crippen LogP contribution in [-0.2, 0) is 71.2 Å². The lowest BCUT2D eigenvalue weighted by Crippen LogP contribution is -2.70. The highest BCUT2D eigenvalue weighted by Crippen LogP contribution is 2.71. The third-order valence-electron chi connectivity index (χ3n) is 13.2. The molecule has 5 fully saturated rings. The molecule has 19 nitrogen and oxygen atoms in total. The van der Waals surface area contributed by atoms with E-state index in [4.69, 9.17) is 61.6 Å². The Hall–Kier alpha value is -4.57. The minimum Gasteiger partial charge on any atom is -0.507 e. The fourth-order valence-corrected chi connectivity index (χ4v) is 10.9. The predicted octanol–water partition coefficient (Wildman–Crippen LogP) is 3.37. The van der Waals surface area contributed by atoms with Crippen molar-refractivity contribution in [3.05, 3.63) is 57.6 Å². The van der Waals surface area contributed by atoms with Gasteiger partial charge in [-0.15, -0.1) is 0 Å². The molecule has 1 aliphatic carbocycles. The summed E-state index contributed by atoms with van der Waals surface area (Å²) in [6.07, 6.45) is -9.28. The van der Waals surface area contributed by atoms with E-state index in [1.165, 1.54) is 53.2 Å². The minimum atomic E-state index is -1.87. The molecule has 19 heteroatoms. The van der Waals surface area contributed by atoms with Crippen molar-refractivity contribution in [2.75, 3.05) is 20.8 Å². The number of ketones is 2. The monoisotopic (exact) mass is 882 g/mol. The molecule has 1 spiro atoms. The number of carbonyl (C=O) groups excluding carboxylic acids is 5. The number of hydrogen-bond acceptors (Lipinski definition) is 19. The molecule has 9 rings (SSSR count). The summed E-state index contributed by atoms with van der Waals surface area (Å²) in [6, 6.07) is 5.92.